The lowest BCUT2D eigenvalue weighted by Crippen LogP contribution is -2.45. The molecule has 0 aliphatic heterocycles. The lowest BCUT2D eigenvalue weighted by molar-refractivity contribution is -0.121. The van der Waals surface area contributed by atoms with Gasteiger partial charge in [0, 0.05) is 11.1 Å². The molecule has 0 spiro atoms. The molecule has 3 N–H and O–H groups in total. The highest BCUT2D eigenvalue weighted by atomic mass is 32.1. The van der Waals surface area contributed by atoms with Gasteiger partial charge in [0.2, 0.25) is 5.91 Å². The second-order valence-corrected chi connectivity index (χ2v) is 8.12. The third kappa shape index (κ3) is 6.18. The van der Waals surface area contributed by atoms with Gasteiger partial charge in [0.25, 0.3) is 11.8 Å². The molecule has 3 amide bonds. The summed E-state index contributed by atoms with van der Waals surface area (Å²) in [7, 11) is 0. The van der Waals surface area contributed by atoms with Crippen molar-refractivity contribution < 1.29 is 18.8 Å². The maximum Gasteiger partial charge on any atom is 0.262 e. The number of anilines is 1. The van der Waals surface area contributed by atoms with Crippen molar-refractivity contribution in [3.63, 3.8) is 0 Å². The molecule has 1 heterocycles. The predicted molar refractivity (Wildman–Crippen MR) is 104 cm³/mol. The van der Waals surface area contributed by atoms with Crippen molar-refractivity contribution in [2.24, 2.45) is 0 Å². The van der Waals surface area contributed by atoms with Gasteiger partial charge >= 0.3 is 0 Å². The van der Waals surface area contributed by atoms with Crippen molar-refractivity contribution in [2.45, 2.75) is 33.2 Å². The summed E-state index contributed by atoms with van der Waals surface area (Å²) in [6, 6.07) is 7.00. The van der Waals surface area contributed by atoms with E-state index in [4.69, 9.17) is 0 Å². The van der Waals surface area contributed by atoms with Crippen molar-refractivity contribution >= 4 is 34.1 Å². The van der Waals surface area contributed by atoms with Gasteiger partial charge in [-0.3, -0.25) is 14.4 Å². The van der Waals surface area contributed by atoms with E-state index in [0.717, 1.165) is 17.4 Å². The summed E-state index contributed by atoms with van der Waals surface area (Å²) in [5.41, 5.74) is 0.476. The Kier molecular flexibility index (Phi) is 6.32. The number of amides is 3. The van der Waals surface area contributed by atoms with E-state index in [1.54, 1.807) is 13.0 Å². The first-order valence-corrected chi connectivity index (χ1v) is 9.13. The molecule has 0 atom stereocenters. The van der Waals surface area contributed by atoms with Gasteiger partial charge < -0.3 is 16.0 Å². The van der Waals surface area contributed by atoms with Crippen LogP contribution in [0.4, 0.5) is 9.39 Å². The van der Waals surface area contributed by atoms with Crippen LogP contribution in [0.3, 0.4) is 0 Å². The van der Waals surface area contributed by atoms with E-state index in [-0.39, 0.29) is 23.6 Å². The Hall–Kier alpha value is -2.74. The number of hydrogen-bond acceptors (Lipinski definition) is 4. The fourth-order valence-corrected chi connectivity index (χ4v) is 3.27. The first kappa shape index (κ1) is 20.6. The quantitative estimate of drug-likeness (QED) is 0.732. The topological polar surface area (TPSA) is 87.3 Å². The molecule has 1 aromatic heterocycles. The summed E-state index contributed by atoms with van der Waals surface area (Å²) in [4.78, 5) is 36.7. The Morgan fingerprint density at radius 3 is 2.44 bits per heavy atom. The zero-order valence-corrected chi connectivity index (χ0v) is 16.4. The van der Waals surface area contributed by atoms with Crippen LogP contribution in [0.2, 0.25) is 0 Å². The largest absolute Gasteiger partial charge is 0.350 e. The van der Waals surface area contributed by atoms with Gasteiger partial charge in [-0.25, -0.2) is 4.39 Å². The number of rotatable bonds is 5. The lowest BCUT2D eigenvalue weighted by atomic mass is 10.1. The molecule has 1 aromatic carbocycles. The lowest BCUT2D eigenvalue weighted by Gasteiger charge is -2.20. The van der Waals surface area contributed by atoms with Crippen LogP contribution in [0.5, 0.6) is 0 Å². The van der Waals surface area contributed by atoms with Gasteiger partial charge in [0.05, 0.1) is 16.4 Å². The van der Waals surface area contributed by atoms with Crippen LogP contribution < -0.4 is 16.0 Å². The van der Waals surface area contributed by atoms with Crippen LogP contribution in [-0.4, -0.2) is 29.8 Å². The van der Waals surface area contributed by atoms with Crippen molar-refractivity contribution in [1.82, 2.24) is 10.6 Å². The Labute approximate surface area is 161 Å². The SMILES string of the molecule is Cc1cc(NC(=O)c2cccc(F)c2)sc1C(=O)NCC(=O)NC(C)(C)C. The van der Waals surface area contributed by atoms with E-state index in [1.807, 2.05) is 20.8 Å². The van der Waals surface area contributed by atoms with Crippen molar-refractivity contribution in [2.75, 3.05) is 11.9 Å². The summed E-state index contributed by atoms with van der Waals surface area (Å²) in [6.07, 6.45) is 0. The summed E-state index contributed by atoms with van der Waals surface area (Å²) in [6.45, 7) is 7.15. The zero-order valence-electron chi connectivity index (χ0n) is 15.6. The van der Waals surface area contributed by atoms with E-state index in [9.17, 15) is 18.8 Å². The van der Waals surface area contributed by atoms with Crippen LogP contribution >= 0.6 is 11.3 Å². The average molecular weight is 391 g/mol. The molecule has 6 nitrogen and oxygen atoms in total. The van der Waals surface area contributed by atoms with Crippen molar-refractivity contribution in [1.29, 1.82) is 0 Å². The molecule has 0 radical (unpaired) electrons. The van der Waals surface area contributed by atoms with Gasteiger partial charge in [-0.05, 0) is 57.5 Å². The number of halogens is 1. The molecule has 8 heteroatoms. The Bertz CT molecular complexity index is 871. The standard InChI is InChI=1S/C19H22FN3O3S/c1-11-8-15(22-17(25)12-6-5-7-13(20)9-12)27-16(11)18(26)21-10-14(24)23-19(2,3)4/h5-9H,10H2,1-4H3,(H,21,26)(H,22,25)(H,23,24). The minimum Gasteiger partial charge on any atom is -0.350 e. The number of thiophene rings is 1. The van der Waals surface area contributed by atoms with Gasteiger partial charge in [-0.2, -0.15) is 0 Å². The second kappa shape index (κ2) is 8.30. The summed E-state index contributed by atoms with van der Waals surface area (Å²) in [5, 5.41) is 8.44. The molecular formula is C19H22FN3O3S. The van der Waals surface area contributed by atoms with Gasteiger partial charge in [0.15, 0.2) is 0 Å². The summed E-state index contributed by atoms with van der Waals surface area (Å²) in [5.74, 6) is -1.65. The molecular weight excluding hydrogens is 369 g/mol. The van der Waals surface area contributed by atoms with Crippen LogP contribution in [-0.2, 0) is 4.79 Å². The number of hydrogen-bond donors (Lipinski definition) is 3. The van der Waals surface area contributed by atoms with E-state index in [0.29, 0.717) is 15.4 Å². The highest BCUT2D eigenvalue weighted by Crippen LogP contribution is 2.27. The Morgan fingerprint density at radius 2 is 1.81 bits per heavy atom. The highest BCUT2D eigenvalue weighted by molar-refractivity contribution is 7.18. The molecule has 0 saturated heterocycles. The molecule has 2 aromatic rings. The van der Waals surface area contributed by atoms with E-state index in [1.165, 1.54) is 18.2 Å². The smallest absolute Gasteiger partial charge is 0.262 e. The Balaban J connectivity index is 2.00. The molecule has 0 aliphatic carbocycles. The zero-order chi connectivity index (χ0) is 20.2. The Morgan fingerprint density at radius 1 is 1.11 bits per heavy atom. The number of aryl methyl sites for hydroxylation is 1. The monoisotopic (exact) mass is 391 g/mol. The van der Waals surface area contributed by atoms with Crippen molar-refractivity contribution in [3.05, 3.63) is 52.2 Å². The predicted octanol–water partition coefficient (Wildman–Crippen LogP) is 3.09. The molecule has 0 unspecified atom stereocenters. The van der Waals surface area contributed by atoms with E-state index in [2.05, 4.69) is 16.0 Å². The molecule has 0 aliphatic rings. The van der Waals surface area contributed by atoms with Gasteiger partial charge in [-0.1, -0.05) is 6.07 Å². The fourth-order valence-electron chi connectivity index (χ4n) is 2.29. The first-order chi connectivity index (χ1) is 12.5. The van der Waals surface area contributed by atoms with E-state index < -0.39 is 17.6 Å². The van der Waals surface area contributed by atoms with Crippen LogP contribution in [0.15, 0.2) is 30.3 Å². The third-order valence-corrected chi connectivity index (χ3v) is 4.52. The second-order valence-electron chi connectivity index (χ2n) is 7.07. The highest BCUT2D eigenvalue weighted by Gasteiger charge is 2.18. The maximum absolute atomic E-state index is 13.2. The molecule has 0 fully saturated rings. The molecule has 0 bridgehead atoms. The molecule has 0 saturated carbocycles. The van der Waals surface area contributed by atoms with E-state index >= 15 is 0 Å². The first-order valence-electron chi connectivity index (χ1n) is 8.32. The third-order valence-electron chi connectivity index (χ3n) is 3.37. The summed E-state index contributed by atoms with van der Waals surface area (Å²) < 4.78 is 13.2. The van der Waals surface area contributed by atoms with Gasteiger partial charge in [-0.15, -0.1) is 11.3 Å². The average Bonchev–Trinajstić information content (AvgIpc) is 2.91. The van der Waals surface area contributed by atoms with Crippen LogP contribution in [0, 0.1) is 12.7 Å². The molecule has 2 rings (SSSR count). The number of benzene rings is 1. The maximum atomic E-state index is 13.2. The number of carbonyl (C=O) groups excluding carboxylic acids is 3. The van der Waals surface area contributed by atoms with Gasteiger partial charge in [0.1, 0.15) is 5.82 Å². The van der Waals surface area contributed by atoms with Crippen LogP contribution in [0.1, 0.15) is 46.4 Å². The summed E-state index contributed by atoms with van der Waals surface area (Å²) >= 11 is 1.09. The molecule has 27 heavy (non-hydrogen) atoms. The number of carbonyl (C=O) groups is 3. The normalized spacial score (nSPS) is 11.0. The van der Waals surface area contributed by atoms with Crippen molar-refractivity contribution in [3.8, 4) is 0 Å². The minimum absolute atomic E-state index is 0.140. The fraction of sp³-hybridized carbons (Fsp3) is 0.316. The van der Waals surface area contributed by atoms with Crippen LogP contribution in [0.25, 0.3) is 0 Å². The minimum atomic E-state index is -0.501. The molecule has 144 valence electrons. The number of nitrogens with one attached hydrogen (secondary N) is 3.